The standard InChI is InChI=1S/C18H31N3/c1-5-21(6-2)18-12-11-17(13-19-18)20-16-9-7-15(8-10-16)14(3)4/h11-16,20H,5-10H2,1-4H3. The van der Waals surface area contributed by atoms with Crippen LogP contribution < -0.4 is 10.2 Å². The second kappa shape index (κ2) is 7.67. The molecular weight excluding hydrogens is 258 g/mol. The molecule has 0 bridgehead atoms. The number of hydrogen-bond donors (Lipinski definition) is 1. The van der Waals surface area contributed by atoms with E-state index in [1.165, 1.54) is 31.4 Å². The van der Waals surface area contributed by atoms with Crippen molar-refractivity contribution >= 4 is 11.5 Å². The van der Waals surface area contributed by atoms with Gasteiger partial charge in [-0.2, -0.15) is 0 Å². The van der Waals surface area contributed by atoms with Crippen LogP contribution >= 0.6 is 0 Å². The molecule has 1 aliphatic rings. The lowest BCUT2D eigenvalue weighted by molar-refractivity contribution is 0.267. The molecule has 1 aromatic heterocycles. The number of anilines is 2. The van der Waals surface area contributed by atoms with Crippen LogP contribution in [0.1, 0.15) is 53.4 Å². The summed E-state index contributed by atoms with van der Waals surface area (Å²) in [6, 6.07) is 4.94. The Bertz CT molecular complexity index is 401. The number of rotatable bonds is 6. The minimum atomic E-state index is 0.626. The van der Waals surface area contributed by atoms with Crippen molar-refractivity contribution in [3.63, 3.8) is 0 Å². The van der Waals surface area contributed by atoms with E-state index in [0.717, 1.165) is 30.7 Å². The summed E-state index contributed by atoms with van der Waals surface area (Å²) in [6.07, 6.45) is 7.30. The van der Waals surface area contributed by atoms with Crippen LogP contribution in [-0.4, -0.2) is 24.1 Å². The Kier molecular flexibility index (Phi) is 5.89. The molecule has 0 aromatic carbocycles. The van der Waals surface area contributed by atoms with E-state index in [9.17, 15) is 0 Å². The molecule has 1 aliphatic carbocycles. The van der Waals surface area contributed by atoms with Crippen LogP contribution in [0.3, 0.4) is 0 Å². The lowest BCUT2D eigenvalue weighted by Crippen LogP contribution is -2.28. The van der Waals surface area contributed by atoms with Crippen molar-refractivity contribution in [2.24, 2.45) is 11.8 Å². The van der Waals surface area contributed by atoms with Gasteiger partial charge in [-0.3, -0.25) is 0 Å². The average molecular weight is 289 g/mol. The fraction of sp³-hybridized carbons (Fsp3) is 0.722. The second-order valence-corrected chi connectivity index (χ2v) is 6.58. The Hall–Kier alpha value is -1.25. The van der Waals surface area contributed by atoms with Gasteiger partial charge in [-0.15, -0.1) is 0 Å². The minimum Gasteiger partial charge on any atom is -0.381 e. The van der Waals surface area contributed by atoms with Crippen molar-refractivity contribution in [2.75, 3.05) is 23.3 Å². The minimum absolute atomic E-state index is 0.626. The fourth-order valence-corrected chi connectivity index (χ4v) is 3.37. The van der Waals surface area contributed by atoms with Gasteiger partial charge in [-0.25, -0.2) is 4.98 Å². The molecule has 0 spiro atoms. The molecule has 0 amide bonds. The van der Waals surface area contributed by atoms with Crippen molar-refractivity contribution in [3.05, 3.63) is 18.3 Å². The van der Waals surface area contributed by atoms with E-state index < -0.39 is 0 Å². The van der Waals surface area contributed by atoms with E-state index in [4.69, 9.17) is 0 Å². The number of hydrogen-bond acceptors (Lipinski definition) is 3. The van der Waals surface area contributed by atoms with Crippen molar-refractivity contribution in [1.29, 1.82) is 0 Å². The molecule has 3 nitrogen and oxygen atoms in total. The SMILES string of the molecule is CCN(CC)c1ccc(NC2CCC(C(C)C)CC2)cn1. The monoisotopic (exact) mass is 289 g/mol. The number of nitrogens with one attached hydrogen (secondary N) is 1. The van der Waals surface area contributed by atoms with Crippen molar-refractivity contribution < 1.29 is 0 Å². The van der Waals surface area contributed by atoms with Crippen molar-refractivity contribution in [3.8, 4) is 0 Å². The molecule has 0 saturated heterocycles. The smallest absolute Gasteiger partial charge is 0.128 e. The molecule has 1 saturated carbocycles. The molecule has 0 unspecified atom stereocenters. The quantitative estimate of drug-likeness (QED) is 0.832. The maximum Gasteiger partial charge on any atom is 0.128 e. The van der Waals surface area contributed by atoms with Gasteiger partial charge in [0, 0.05) is 19.1 Å². The molecule has 21 heavy (non-hydrogen) atoms. The molecule has 1 aromatic rings. The highest BCUT2D eigenvalue weighted by atomic mass is 15.2. The molecule has 0 radical (unpaired) electrons. The van der Waals surface area contributed by atoms with E-state index in [0.29, 0.717) is 6.04 Å². The number of aromatic nitrogens is 1. The number of nitrogens with zero attached hydrogens (tertiary/aromatic N) is 2. The van der Waals surface area contributed by atoms with E-state index in [-0.39, 0.29) is 0 Å². The molecule has 0 aliphatic heterocycles. The van der Waals surface area contributed by atoms with Gasteiger partial charge in [0.2, 0.25) is 0 Å². The summed E-state index contributed by atoms with van der Waals surface area (Å²) in [5.41, 5.74) is 1.17. The van der Waals surface area contributed by atoms with E-state index in [2.05, 4.69) is 55.0 Å². The summed E-state index contributed by atoms with van der Waals surface area (Å²) in [5, 5.41) is 3.66. The maximum absolute atomic E-state index is 4.59. The van der Waals surface area contributed by atoms with Gasteiger partial charge < -0.3 is 10.2 Å². The number of pyridine rings is 1. The highest BCUT2D eigenvalue weighted by Gasteiger charge is 2.23. The van der Waals surface area contributed by atoms with E-state index >= 15 is 0 Å². The first-order chi connectivity index (χ1) is 10.1. The summed E-state index contributed by atoms with van der Waals surface area (Å²) < 4.78 is 0. The maximum atomic E-state index is 4.59. The first-order valence-corrected chi connectivity index (χ1v) is 8.61. The zero-order valence-electron chi connectivity index (χ0n) is 14.1. The third-order valence-electron chi connectivity index (χ3n) is 4.92. The van der Waals surface area contributed by atoms with Crippen LogP contribution in [-0.2, 0) is 0 Å². The van der Waals surface area contributed by atoms with Crippen LogP contribution in [0.4, 0.5) is 11.5 Å². The van der Waals surface area contributed by atoms with E-state index in [1.54, 1.807) is 0 Å². The van der Waals surface area contributed by atoms with Crippen LogP contribution in [0.15, 0.2) is 18.3 Å². The average Bonchev–Trinajstić information content (AvgIpc) is 2.51. The van der Waals surface area contributed by atoms with Crippen LogP contribution in [0.25, 0.3) is 0 Å². The zero-order valence-corrected chi connectivity index (χ0v) is 14.1. The second-order valence-electron chi connectivity index (χ2n) is 6.58. The Morgan fingerprint density at radius 3 is 2.29 bits per heavy atom. The Morgan fingerprint density at radius 1 is 1.14 bits per heavy atom. The van der Waals surface area contributed by atoms with Crippen LogP contribution in [0, 0.1) is 11.8 Å². The molecule has 118 valence electrons. The van der Waals surface area contributed by atoms with Gasteiger partial charge in [0.15, 0.2) is 0 Å². The van der Waals surface area contributed by atoms with Crippen molar-refractivity contribution in [1.82, 2.24) is 4.98 Å². The van der Waals surface area contributed by atoms with Crippen molar-refractivity contribution in [2.45, 2.75) is 59.4 Å². The Labute approximate surface area is 130 Å². The highest BCUT2D eigenvalue weighted by molar-refractivity contribution is 5.49. The summed E-state index contributed by atoms with van der Waals surface area (Å²) in [6.45, 7) is 11.1. The fourth-order valence-electron chi connectivity index (χ4n) is 3.37. The summed E-state index contributed by atoms with van der Waals surface area (Å²) in [7, 11) is 0. The van der Waals surface area contributed by atoms with Gasteiger partial charge >= 0.3 is 0 Å². The van der Waals surface area contributed by atoms with E-state index in [1.807, 2.05) is 6.20 Å². The lowest BCUT2D eigenvalue weighted by atomic mass is 9.80. The first-order valence-electron chi connectivity index (χ1n) is 8.61. The molecule has 3 heteroatoms. The molecular formula is C18H31N3. The van der Waals surface area contributed by atoms with Gasteiger partial charge in [0.25, 0.3) is 0 Å². The predicted molar refractivity (Wildman–Crippen MR) is 92.0 cm³/mol. The summed E-state index contributed by atoms with van der Waals surface area (Å²) >= 11 is 0. The van der Waals surface area contributed by atoms with Gasteiger partial charge in [0.05, 0.1) is 11.9 Å². The zero-order chi connectivity index (χ0) is 15.2. The Morgan fingerprint density at radius 2 is 1.81 bits per heavy atom. The summed E-state index contributed by atoms with van der Waals surface area (Å²) in [4.78, 5) is 6.87. The lowest BCUT2D eigenvalue weighted by Gasteiger charge is -2.31. The molecule has 1 heterocycles. The highest BCUT2D eigenvalue weighted by Crippen LogP contribution is 2.31. The Balaban J connectivity index is 1.87. The van der Waals surface area contributed by atoms with Gasteiger partial charge in [-0.1, -0.05) is 13.8 Å². The summed E-state index contributed by atoms with van der Waals surface area (Å²) in [5.74, 6) is 2.83. The molecule has 0 atom stereocenters. The van der Waals surface area contributed by atoms with Crippen LogP contribution in [0.2, 0.25) is 0 Å². The topological polar surface area (TPSA) is 28.2 Å². The molecule has 2 rings (SSSR count). The largest absolute Gasteiger partial charge is 0.381 e. The van der Waals surface area contributed by atoms with Gasteiger partial charge in [-0.05, 0) is 63.5 Å². The molecule has 1 N–H and O–H groups in total. The third-order valence-corrected chi connectivity index (χ3v) is 4.92. The van der Waals surface area contributed by atoms with Crippen LogP contribution in [0.5, 0.6) is 0 Å². The normalized spacial score (nSPS) is 22.3. The van der Waals surface area contributed by atoms with Gasteiger partial charge in [0.1, 0.15) is 5.82 Å². The first kappa shape index (κ1) is 16.1. The molecule has 1 fully saturated rings. The predicted octanol–water partition coefficient (Wildman–Crippen LogP) is 4.55. The third kappa shape index (κ3) is 4.36.